The number of nitrogens with zero attached hydrogens (tertiary/aromatic N) is 2. The highest BCUT2D eigenvalue weighted by Crippen LogP contribution is 2.20. The Morgan fingerprint density at radius 1 is 0.768 bits per heavy atom. The van der Waals surface area contributed by atoms with Gasteiger partial charge in [0.2, 0.25) is 41.4 Å². The molecule has 0 aliphatic carbocycles. The first-order valence-corrected chi connectivity index (χ1v) is 20.2. The summed E-state index contributed by atoms with van der Waals surface area (Å²) in [5, 5.41) is 19.6. The molecule has 1 rings (SSSR count). The molecule has 7 amide bonds. The van der Waals surface area contributed by atoms with Gasteiger partial charge in [0.1, 0.15) is 30.0 Å². The van der Waals surface area contributed by atoms with Crippen molar-refractivity contribution < 1.29 is 48.3 Å². The van der Waals surface area contributed by atoms with Crippen molar-refractivity contribution in [3.05, 3.63) is 0 Å². The summed E-state index contributed by atoms with van der Waals surface area (Å²) in [6.07, 6.45) is 12.6. The summed E-state index contributed by atoms with van der Waals surface area (Å²) in [4.78, 5) is 115. The Kier molecular flexibility index (Phi) is 24.1. The van der Waals surface area contributed by atoms with Gasteiger partial charge in [-0.05, 0) is 40.0 Å². The maximum atomic E-state index is 13.1. The second kappa shape index (κ2) is 27.2. The van der Waals surface area contributed by atoms with E-state index in [2.05, 4.69) is 28.2 Å². The average Bonchev–Trinajstić information content (AvgIpc) is 3.65. The fourth-order valence-electron chi connectivity index (χ4n) is 6.41. The van der Waals surface area contributed by atoms with Crippen molar-refractivity contribution >= 4 is 52.9 Å². The van der Waals surface area contributed by atoms with Crippen LogP contribution in [0.5, 0.6) is 0 Å². The van der Waals surface area contributed by atoms with Crippen LogP contribution in [0.15, 0.2) is 0 Å². The largest absolute Gasteiger partial charge is 0.394 e. The number of Topliss-reactive ketones (excluding diaryl/α,β-unsaturated/α-hetero) is 2. The van der Waals surface area contributed by atoms with Crippen LogP contribution in [-0.4, -0.2) is 125 Å². The Morgan fingerprint density at radius 3 is 1.91 bits per heavy atom. The monoisotopic (exact) mass is 793 g/mol. The lowest BCUT2D eigenvalue weighted by Crippen LogP contribution is -2.56. The van der Waals surface area contributed by atoms with Gasteiger partial charge in [0.05, 0.1) is 25.6 Å². The molecule has 0 aromatic heterocycles. The molecular formula is C39H67N7O10. The quantitative estimate of drug-likeness (QED) is 0.0584. The summed E-state index contributed by atoms with van der Waals surface area (Å²) in [6.45, 7) is 5.55. The Labute approximate surface area is 331 Å². The molecule has 0 unspecified atom stereocenters. The number of amides is 7. The third-order valence-corrected chi connectivity index (χ3v) is 9.94. The van der Waals surface area contributed by atoms with Gasteiger partial charge < -0.3 is 41.9 Å². The van der Waals surface area contributed by atoms with E-state index in [-0.39, 0.29) is 44.0 Å². The van der Waals surface area contributed by atoms with E-state index in [1.54, 1.807) is 0 Å². The van der Waals surface area contributed by atoms with Gasteiger partial charge in [-0.15, -0.1) is 0 Å². The van der Waals surface area contributed by atoms with E-state index >= 15 is 0 Å². The lowest BCUT2D eigenvalue weighted by atomic mass is 10.0. The van der Waals surface area contributed by atoms with Crippen LogP contribution in [0.3, 0.4) is 0 Å². The first-order chi connectivity index (χ1) is 26.5. The molecule has 318 valence electrons. The highest BCUT2D eigenvalue weighted by Gasteiger charge is 2.36. The predicted octanol–water partition coefficient (Wildman–Crippen LogP) is 0.922. The Hall–Kier alpha value is -4.41. The minimum atomic E-state index is -1.38. The molecule has 1 aliphatic rings. The molecular weight excluding hydrogens is 726 g/mol. The average molecular weight is 794 g/mol. The molecule has 5 atom stereocenters. The molecule has 0 bridgehead atoms. The molecule has 1 fully saturated rings. The van der Waals surface area contributed by atoms with Crippen LogP contribution in [0.1, 0.15) is 137 Å². The number of likely N-dealkylation sites (tertiary alicyclic amines) is 1. The van der Waals surface area contributed by atoms with E-state index < -0.39 is 84.5 Å². The lowest BCUT2D eigenvalue weighted by Gasteiger charge is -2.27. The number of hydrogen-bond acceptors (Lipinski definition) is 10. The van der Waals surface area contributed by atoms with Crippen LogP contribution < -0.4 is 27.0 Å². The summed E-state index contributed by atoms with van der Waals surface area (Å²) in [6, 6.07) is -5.68. The molecule has 0 aromatic carbocycles. The normalized spacial score (nSPS) is 15.8. The standard InChI is InChI=1S/C39H67N7O10/c1-6-7-8-9-10-11-12-13-14-15-16-19-34(51)45(5)31(25-47)39(56)42-27(3)32(49)20-21-35(52)46-22-17-18-30(46)38(55)43-28(4)36(53)44-29(23-33(40)50)37(54)41-24-26(2)48/h27-31,47H,6-25H2,1-5H3,(H2,40,50)(H,41,54)(H,42,56)(H,43,55)(H,44,53)/t27-,28+,29+,30+,31-/m1/s1. The SMILES string of the molecule is CCCCCCCCCCCCCC(=O)N(C)[C@H](CO)C(=O)N[C@H](C)C(=O)CCC(=O)N1CCC[C@H]1C(=O)N[C@@H](C)C(=O)N[C@@H](CC(N)=O)C(=O)NCC(C)=O. The van der Waals surface area contributed by atoms with Gasteiger partial charge in [-0.2, -0.15) is 0 Å². The van der Waals surface area contributed by atoms with Crippen LogP contribution >= 0.6 is 0 Å². The Morgan fingerprint density at radius 2 is 1.36 bits per heavy atom. The summed E-state index contributed by atoms with van der Waals surface area (Å²) in [5.74, 6) is -5.36. The van der Waals surface area contributed by atoms with Crippen molar-refractivity contribution in [2.24, 2.45) is 5.73 Å². The number of aliphatic hydroxyl groups excluding tert-OH is 1. The number of carbonyl (C=O) groups excluding carboxylic acids is 9. The molecule has 0 aromatic rings. The number of unbranched alkanes of at least 4 members (excludes halogenated alkanes) is 10. The fourth-order valence-corrected chi connectivity index (χ4v) is 6.41. The number of carbonyl (C=O) groups is 9. The molecule has 0 spiro atoms. The van der Waals surface area contributed by atoms with Crippen LogP contribution in [0, 0.1) is 0 Å². The van der Waals surface area contributed by atoms with E-state index in [4.69, 9.17) is 5.73 Å². The van der Waals surface area contributed by atoms with Gasteiger partial charge in [0.25, 0.3) is 0 Å². The Bertz CT molecular complexity index is 1340. The molecule has 7 N–H and O–H groups in total. The summed E-state index contributed by atoms with van der Waals surface area (Å²) < 4.78 is 0. The number of nitrogens with one attached hydrogen (secondary N) is 4. The first-order valence-electron chi connectivity index (χ1n) is 20.2. The first kappa shape index (κ1) is 49.6. The second-order valence-corrected chi connectivity index (χ2v) is 14.8. The topological polar surface area (TPSA) is 254 Å². The lowest BCUT2D eigenvalue weighted by molar-refractivity contribution is -0.141. The maximum absolute atomic E-state index is 13.1. The van der Waals surface area contributed by atoms with E-state index in [0.29, 0.717) is 19.3 Å². The molecule has 0 saturated carbocycles. The molecule has 0 radical (unpaired) electrons. The molecule has 1 heterocycles. The van der Waals surface area contributed by atoms with Crippen molar-refractivity contribution in [3.8, 4) is 0 Å². The summed E-state index contributed by atoms with van der Waals surface area (Å²) >= 11 is 0. The maximum Gasteiger partial charge on any atom is 0.245 e. The van der Waals surface area contributed by atoms with Crippen LogP contribution in [0.2, 0.25) is 0 Å². The van der Waals surface area contributed by atoms with Crippen molar-refractivity contribution in [2.75, 3.05) is 26.7 Å². The van der Waals surface area contributed by atoms with Gasteiger partial charge in [0.15, 0.2) is 5.78 Å². The number of rotatable bonds is 29. The van der Waals surface area contributed by atoms with Gasteiger partial charge >= 0.3 is 0 Å². The molecule has 17 heteroatoms. The van der Waals surface area contributed by atoms with E-state index in [9.17, 15) is 48.3 Å². The van der Waals surface area contributed by atoms with Crippen LogP contribution in [0.4, 0.5) is 0 Å². The summed E-state index contributed by atoms with van der Waals surface area (Å²) in [5.41, 5.74) is 5.20. The van der Waals surface area contributed by atoms with Gasteiger partial charge in [-0.1, -0.05) is 71.1 Å². The number of ketones is 2. The highest BCUT2D eigenvalue weighted by atomic mass is 16.3. The van der Waals surface area contributed by atoms with Gasteiger partial charge in [0, 0.05) is 32.9 Å². The van der Waals surface area contributed by atoms with Crippen molar-refractivity contribution in [1.82, 2.24) is 31.1 Å². The smallest absolute Gasteiger partial charge is 0.245 e. The number of aliphatic hydroxyl groups is 1. The van der Waals surface area contributed by atoms with E-state index in [0.717, 1.165) is 19.3 Å². The van der Waals surface area contributed by atoms with Crippen molar-refractivity contribution in [2.45, 2.75) is 167 Å². The number of nitrogens with two attached hydrogens (primary N) is 1. The van der Waals surface area contributed by atoms with Crippen LogP contribution in [-0.2, 0) is 43.2 Å². The Balaban J connectivity index is 2.56. The van der Waals surface area contributed by atoms with Crippen LogP contribution in [0.25, 0.3) is 0 Å². The van der Waals surface area contributed by atoms with E-state index in [1.807, 2.05) is 0 Å². The van der Waals surface area contributed by atoms with Crippen molar-refractivity contribution in [3.63, 3.8) is 0 Å². The zero-order valence-electron chi connectivity index (χ0n) is 34.1. The number of primary amides is 1. The van der Waals surface area contributed by atoms with Gasteiger partial charge in [-0.25, -0.2) is 0 Å². The molecule has 56 heavy (non-hydrogen) atoms. The fraction of sp³-hybridized carbons (Fsp3) is 0.769. The van der Waals surface area contributed by atoms with E-state index in [1.165, 1.54) is 82.6 Å². The second-order valence-electron chi connectivity index (χ2n) is 14.8. The zero-order chi connectivity index (χ0) is 42.2. The number of likely N-dealkylation sites (N-methyl/N-ethyl adjacent to an activating group) is 1. The predicted molar refractivity (Wildman–Crippen MR) is 208 cm³/mol. The third kappa shape index (κ3) is 19.0. The summed E-state index contributed by atoms with van der Waals surface area (Å²) in [7, 11) is 1.44. The third-order valence-electron chi connectivity index (χ3n) is 9.94. The minimum absolute atomic E-state index is 0.242. The molecule has 1 saturated heterocycles. The molecule has 17 nitrogen and oxygen atoms in total. The highest BCUT2D eigenvalue weighted by molar-refractivity contribution is 5.97. The van der Waals surface area contributed by atoms with Crippen molar-refractivity contribution in [1.29, 1.82) is 0 Å². The minimum Gasteiger partial charge on any atom is -0.394 e. The molecule has 1 aliphatic heterocycles. The van der Waals surface area contributed by atoms with Gasteiger partial charge in [-0.3, -0.25) is 43.2 Å². The zero-order valence-corrected chi connectivity index (χ0v) is 34.1. The number of hydrogen-bond donors (Lipinski definition) is 6.